The normalized spacial score (nSPS) is 14.6. The second-order valence-electron chi connectivity index (χ2n) is 2.96. The van der Waals surface area contributed by atoms with Gasteiger partial charge in [-0.1, -0.05) is 24.8 Å². The van der Waals surface area contributed by atoms with E-state index in [1.165, 1.54) is 0 Å². The summed E-state index contributed by atoms with van der Waals surface area (Å²) in [7, 11) is 0. The van der Waals surface area contributed by atoms with Crippen molar-refractivity contribution in [3.8, 4) is 0 Å². The molecule has 0 fully saturated rings. The Morgan fingerprint density at radius 3 is 3.08 bits per heavy atom. The molecule has 1 aliphatic heterocycles. The number of fused-ring (bicyclic) bond motifs is 1. The van der Waals surface area contributed by atoms with E-state index in [1.807, 2.05) is 12.1 Å². The molecule has 0 N–H and O–H groups in total. The quantitative estimate of drug-likeness (QED) is 0.609. The van der Waals surface area contributed by atoms with Gasteiger partial charge < -0.3 is 4.74 Å². The molecule has 0 atom stereocenters. The van der Waals surface area contributed by atoms with E-state index in [-0.39, 0.29) is 5.97 Å². The van der Waals surface area contributed by atoms with E-state index in [1.54, 1.807) is 12.1 Å². The summed E-state index contributed by atoms with van der Waals surface area (Å²) in [6, 6.07) is 5.61. The average Bonchev–Trinajstić information content (AvgIpc) is 2.18. The molecular formula is C11H10O2. The van der Waals surface area contributed by atoms with E-state index in [9.17, 15) is 4.79 Å². The lowest BCUT2D eigenvalue weighted by Crippen LogP contribution is -2.18. The predicted molar refractivity (Wildman–Crippen MR) is 50.5 cm³/mol. The lowest BCUT2D eigenvalue weighted by molar-refractivity contribution is 0.0480. The average molecular weight is 174 g/mol. The van der Waals surface area contributed by atoms with Crippen molar-refractivity contribution in [2.24, 2.45) is 0 Å². The van der Waals surface area contributed by atoms with Crippen LogP contribution in [0.1, 0.15) is 21.5 Å². The second kappa shape index (κ2) is 3.05. The van der Waals surface area contributed by atoms with Gasteiger partial charge in [0.1, 0.15) is 0 Å². The smallest absolute Gasteiger partial charge is 0.338 e. The number of carbonyl (C=O) groups excluding carboxylic acids is 1. The monoisotopic (exact) mass is 174 g/mol. The molecule has 0 unspecified atom stereocenters. The van der Waals surface area contributed by atoms with E-state index < -0.39 is 0 Å². The van der Waals surface area contributed by atoms with E-state index in [4.69, 9.17) is 4.74 Å². The number of hydrogen-bond acceptors (Lipinski definition) is 2. The van der Waals surface area contributed by atoms with E-state index in [0.717, 1.165) is 17.5 Å². The zero-order valence-electron chi connectivity index (χ0n) is 7.25. The van der Waals surface area contributed by atoms with Gasteiger partial charge in [0.15, 0.2) is 0 Å². The van der Waals surface area contributed by atoms with Crippen LogP contribution in [0, 0.1) is 0 Å². The maximum absolute atomic E-state index is 11.3. The van der Waals surface area contributed by atoms with Crippen LogP contribution in [0.25, 0.3) is 6.08 Å². The molecular weight excluding hydrogens is 164 g/mol. The zero-order chi connectivity index (χ0) is 9.26. The Bertz CT molecular complexity index is 366. The first-order valence-corrected chi connectivity index (χ1v) is 4.24. The van der Waals surface area contributed by atoms with Crippen molar-refractivity contribution in [2.45, 2.75) is 6.42 Å². The Morgan fingerprint density at radius 1 is 1.46 bits per heavy atom. The number of rotatable bonds is 1. The van der Waals surface area contributed by atoms with Gasteiger partial charge in [0.2, 0.25) is 0 Å². The van der Waals surface area contributed by atoms with Crippen LogP contribution in [0.3, 0.4) is 0 Å². The third-order valence-electron chi connectivity index (χ3n) is 2.24. The number of benzene rings is 1. The Balaban J connectivity index is 2.60. The van der Waals surface area contributed by atoms with Gasteiger partial charge in [-0.25, -0.2) is 4.79 Å². The van der Waals surface area contributed by atoms with Crippen molar-refractivity contribution in [1.82, 2.24) is 0 Å². The lowest BCUT2D eigenvalue weighted by atomic mass is 9.97. The van der Waals surface area contributed by atoms with Crippen LogP contribution < -0.4 is 0 Å². The van der Waals surface area contributed by atoms with Gasteiger partial charge in [-0.05, 0) is 17.2 Å². The first-order chi connectivity index (χ1) is 6.33. The molecule has 0 amide bonds. The van der Waals surface area contributed by atoms with Gasteiger partial charge in [-0.3, -0.25) is 0 Å². The number of cyclic esters (lactones) is 1. The highest BCUT2D eigenvalue weighted by Gasteiger charge is 2.19. The molecule has 0 bridgehead atoms. The van der Waals surface area contributed by atoms with Crippen LogP contribution in [-0.2, 0) is 11.2 Å². The topological polar surface area (TPSA) is 26.3 Å². The molecule has 2 nitrogen and oxygen atoms in total. The standard InChI is InChI=1S/C11H10O2/c1-2-8-4-3-5-10-9(8)6-7-13-11(10)12/h2-5H,1,6-7H2. The summed E-state index contributed by atoms with van der Waals surface area (Å²) in [4.78, 5) is 11.3. The van der Waals surface area contributed by atoms with Crippen molar-refractivity contribution in [2.75, 3.05) is 6.61 Å². The van der Waals surface area contributed by atoms with Gasteiger partial charge in [-0.15, -0.1) is 0 Å². The van der Waals surface area contributed by atoms with Gasteiger partial charge in [0.25, 0.3) is 0 Å². The third-order valence-corrected chi connectivity index (χ3v) is 2.24. The summed E-state index contributed by atoms with van der Waals surface area (Å²) in [5.74, 6) is -0.218. The molecule has 0 aromatic heterocycles. The Morgan fingerprint density at radius 2 is 2.31 bits per heavy atom. The van der Waals surface area contributed by atoms with Crippen molar-refractivity contribution >= 4 is 12.0 Å². The molecule has 0 spiro atoms. The second-order valence-corrected chi connectivity index (χ2v) is 2.96. The predicted octanol–water partition coefficient (Wildman–Crippen LogP) is 2.04. The van der Waals surface area contributed by atoms with Crippen LogP contribution in [0.15, 0.2) is 24.8 Å². The van der Waals surface area contributed by atoms with Crippen LogP contribution >= 0.6 is 0 Å². The van der Waals surface area contributed by atoms with Crippen molar-refractivity contribution < 1.29 is 9.53 Å². The molecule has 0 saturated heterocycles. The summed E-state index contributed by atoms with van der Waals surface area (Å²) >= 11 is 0. The summed E-state index contributed by atoms with van der Waals surface area (Å²) in [6.45, 7) is 4.19. The fourth-order valence-corrected chi connectivity index (χ4v) is 1.59. The van der Waals surface area contributed by atoms with Crippen LogP contribution in [0.5, 0.6) is 0 Å². The highest BCUT2D eigenvalue weighted by atomic mass is 16.5. The molecule has 1 aliphatic rings. The third kappa shape index (κ3) is 1.24. The van der Waals surface area contributed by atoms with Crippen molar-refractivity contribution in [3.05, 3.63) is 41.5 Å². The van der Waals surface area contributed by atoms with Gasteiger partial charge >= 0.3 is 5.97 Å². The highest BCUT2D eigenvalue weighted by molar-refractivity contribution is 5.93. The molecule has 1 aromatic carbocycles. The Hall–Kier alpha value is -1.57. The number of ether oxygens (including phenoxy) is 1. The molecule has 66 valence electrons. The SMILES string of the molecule is C=Cc1cccc2c1CCOC2=O. The maximum atomic E-state index is 11.3. The summed E-state index contributed by atoms with van der Waals surface area (Å²) in [5, 5.41) is 0. The highest BCUT2D eigenvalue weighted by Crippen LogP contribution is 2.21. The van der Waals surface area contributed by atoms with Gasteiger partial charge in [0, 0.05) is 6.42 Å². The van der Waals surface area contributed by atoms with Crippen molar-refractivity contribution in [3.63, 3.8) is 0 Å². The van der Waals surface area contributed by atoms with Gasteiger partial charge in [-0.2, -0.15) is 0 Å². The summed E-state index contributed by atoms with van der Waals surface area (Å²) < 4.78 is 4.93. The molecule has 0 saturated carbocycles. The minimum atomic E-state index is -0.218. The minimum Gasteiger partial charge on any atom is -0.462 e. The number of carbonyl (C=O) groups is 1. The van der Waals surface area contributed by atoms with E-state index in [0.29, 0.717) is 12.2 Å². The number of hydrogen-bond donors (Lipinski definition) is 0. The zero-order valence-corrected chi connectivity index (χ0v) is 7.25. The van der Waals surface area contributed by atoms with E-state index in [2.05, 4.69) is 6.58 Å². The lowest BCUT2D eigenvalue weighted by Gasteiger charge is -2.17. The summed E-state index contributed by atoms with van der Waals surface area (Å²) in [5.41, 5.74) is 2.78. The van der Waals surface area contributed by atoms with E-state index >= 15 is 0 Å². The Labute approximate surface area is 76.8 Å². The minimum absolute atomic E-state index is 0.218. The molecule has 1 aromatic rings. The largest absolute Gasteiger partial charge is 0.462 e. The molecule has 0 aliphatic carbocycles. The maximum Gasteiger partial charge on any atom is 0.338 e. The van der Waals surface area contributed by atoms with Crippen LogP contribution in [-0.4, -0.2) is 12.6 Å². The molecule has 0 radical (unpaired) electrons. The fourth-order valence-electron chi connectivity index (χ4n) is 1.59. The fraction of sp³-hybridized carbons (Fsp3) is 0.182. The molecule has 13 heavy (non-hydrogen) atoms. The van der Waals surface area contributed by atoms with Gasteiger partial charge in [0.05, 0.1) is 12.2 Å². The first kappa shape index (κ1) is 8.05. The molecule has 1 heterocycles. The molecule has 2 heteroatoms. The first-order valence-electron chi connectivity index (χ1n) is 4.24. The van der Waals surface area contributed by atoms with Crippen LogP contribution in [0.2, 0.25) is 0 Å². The molecule has 2 rings (SSSR count). The Kier molecular flexibility index (Phi) is 1.89. The van der Waals surface area contributed by atoms with Crippen LogP contribution in [0.4, 0.5) is 0 Å². The number of esters is 1. The summed E-state index contributed by atoms with van der Waals surface area (Å²) in [6.07, 6.45) is 2.57. The van der Waals surface area contributed by atoms with Crippen molar-refractivity contribution in [1.29, 1.82) is 0 Å².